The van der Waals surface area contributed by atoms with Crippen molar-refractivity contribution in [3.05, 3.63) is 59.9 Å². The maximum atomic E-state index is 13.2. The number of nitrogens with two attached hydrogens (primary N) is 1. The van der Waals surface area contributed by atoms with E-state index in [-0.39, 0.29) is 11.9 Å². The van der Waals surface area contributed by atoms with Crippen LogP contribution < -0.4 is 15.5 Å². The van der Waals surface area contributed by atoms with Crippen LogP contribution in [0.5, 0.6) is 5.75 Å². The van der Waals surface area contributed by atoms with Gasteiger partial charge in [0.1, 0.15) is 11.6 Å². The summed E-state index contributed by atoms with van der Waals surface area (Å²) in [5.41, 5.74) is 8.78. The molecule has 0 radical (unpaired) electrons. The van der Waals surface area contributed by atoms with Gasteiger partial charge >= 0.3 is 0 Å². The fraction of sp³-hybridized carbons (Fsp3) is 0.316. The first-order valence-corrected chi connectivity index (χ1v) is 8.25. The largest absolute Gasteiger partial charge is 0.494 e. The minimum Gasteiger partial charge on any atom is -0.494 e. The Morgan fingerprint density at radius 3 is 2.50 bits per heavy atom. The van der Waals surface area contributed by atoms with Crippen molar-refractivity contribution >= 4 is 11.4 Å². The van der Waals surface area contributed by atoms with Gasteiger partial charge in [-0.2, -0.15) is 5.10 Å². The third-order valence-corrected chi connectivity index (χ3v) is 4.07. The van der Waals surface area contributed by atoms with Gasteiger partial charge in [0.25, 0.3) is 0 Å². The zero-order valence-electron chi connectivity index (χ0n) is 13.8. The molecule has 1 aliphatic rings. The number of benzene rings is 2. The third-order valence-electron chi connectivity index (χ3n) is 4.07. The van der Waals surface area contributed by atoms with Crippen LogP contribution in [-0.4, -0.2) is 18.9 Å². The Labute approximate surface area is 141 Å². The average Bonchev–Trinajstić information content (AvgIpc) is 3.01. The highest BCUT2D eigenvalue weighted by Crippen LogP contribution is 2.36. The molecule has 0 fully saturated rings. The highest BCUT2D eigenvalue weighted by molar-refractivity contribution is 5.89. The van der Waals surface area contributed by atoms with E-state index in [1.54, 1.807) is 12.1 Å². The van der Waals surface area contributed by atoms with E-state index in [1.807, 2.05) is 24.1 Å². The Morgan fingerprint density at radius 2 is 1.88 bits per heavy atom. The van der Waals surface area contributed by atoms with Crippen molar-refractivity contribution in [2.24, 2.45) is 10.8 Å². The molecule has 1 atom stereocenters. The Balaban J connectivity index is 1.88. The van der Waals surface area contributed by atoms with Crippen LogP contribution in [-0.2, 0) is 0 Å². The number of halogens is 1. The number of anilines is 1. The first-order valence-electron chi connectivity index (χ1n) is 8.25. The predicted molar refractivity (Wildman–Crippen MR) is 95.0 cm³/mol. The smallest absolute Gasteiger partial charge is 0.123 e. The molecule has 0 aliphatic carbocycles. The molecule has 0 saturated heterocycles. The fourth-order valence-corrected chi connectivity index (χ4v) is 2.93. The summed E-state index contributed by atoms with van der Waals surface area (Å²) in [6.45, 7) is 3.19. The summed E-state index contributed by atoms with van der Waals surface area (Å²) in [6, 6.07) is 14.6. The molecule has 0 saturated carbocycles. The van der Waals surface area contributed by atoms with Crippen LogP contribution in [0.15, 0.2) is 53.6 Å². The van der Waals surface area contributed by atoms with E-state index in [0.29, 0.717) is 13.2 Å². The zero-order chi connectivity index (χ0) is 16.9. The second-order valence-electron chi connectivity index (χ2n) is 5.75. The lowest BCUT2D eigenvalue weighted by Crippen LogP contribution is -2.18. The van der Waals surface area contributed by atoms with Crippen LogP contribution in [0.1, 0.15) is 31.4 Å². The molecule has 0 spiro atoms. The molecule has 5 heteroatoms. The van der Waals surface area contributed by atoms with Crippen molar-refractivity contribution in [2.45, 2.75) is 25.8 Å². The van der Waals surface area contributed by atoms with Gasteiger partial charge in [0.15, 0.2) is 0 Å². The van der Waals surface area contributed by atoms with Crippen LogP contribution in [0.3, 0.4) is 0 Å². The molecule has 126 valence electrons. The van der Waals surface area contributed by atoms with Crippen molar-refractivity contribution in [1.82, 2.24) is 0 Å². The van der Waals surface area contributed by atoms with Crippen molar-refractivity contribution < 1.29 is 9.13 Å². The summed E-state index contributed by atoms with van der Waals surface area (Å²) in [5, 5.41) is 6.67. The summed E-state index contributed by atoms with van der Waals surface area (Å²) in [6.07, 6.45) is 1.59. The predicted octanol–water partition coefficient (Wildman–Crippen LogP) is 3.88. The lowest BCUT2D eigenvalue weighted by Gasteiger charge is -2.24. The number of nitrogens with zero attached hydrogens (tertiary/aromatic N) is 2. The maximum absolute atomic E-state index is 13.2. The van der Waals surface area contributed by atoms with Gasteiger partial charge in [-0.25, -0.2) is 4.39 Å². The second kappa shape index (κ2) is 7.45. The number of hydrogen-bond acceptors (Lipinski definition) is 4. The van der Waals surface area contributed by atoms with Crippen LogP contribution >= 0.6 is 0 Å². The molecule has 24 heavy (non-hydrogen) atoms. The van der Waals surface area contributed by atoms with E-state index >= 15 is 0 Å². The van der Waals surface area contributed by atoms with Gasteiger partial charge in [-0.05, 0) is 61.9 Å². The summed E-state index contributed by atoms with van der Waals surface area (Å²) < 4.78 is 18.7. The summed E-state index contributed by atoms with van der Waals surface area (Å²) >= 11 is 0. The van der Waals surface area contributed by atoms with Gasteiger partial charge < -0.3 is 10.5 Å². The van der Waals surface area contributed by atoms with Crippen molar-refractivity contribution in [3.8, 4) is 5.75 Å². The molecule has 3 rings (SSSR count). The number of rotatable bonds is 6. The van der Waals surface area contributed by atoms with Gasteiger partial charge in [-0.15, -0.1) is 0 Å². The zero-order valence-corrected chi connectivity index (χ0v) is 13.8. The van der Waals surface area contributed by atoms with Gasteiger partial charge in [0, 0.05) is 12.1 Å². The van der Waals surface area contributed by atoms with E-state index < -0.39 is 0 Å². The maximum Gasteiger partial charge on any atom is 0.123 e. The van der Waals surface area contributed by atoms with Crippen molar-refractivity contribution in [1.29, 1.82) is 0 Å². The SMILES string of the molecule is CCOc1ccc(C2CC(CCN)=NN2c2ccc(F)cc2)cc1. The molecule has 1 heterocycles. The molecule has 2 aromatic carbocycles. The Bertz CT molecular complexity index is 698. The fourth-order valence-electron chi connectivity index (χ4n) is 2.93. The van der Waals surface area contributed by atoms with Gasteiger partial charge in [0.2, 0.25) is 0 Å². The average molecular weight is 327 g/mol. The first-order chi connectivity index (χ1) is 11.7. The van der Waals surface area contributed by atoms with Gasteiger partial charge in [0.05, 0.1) is 18.3 Å². The van der Waals surface area contributed by atoms with E-state index in [9.17, 15) is 4.39 Å². The van der Waals surface area contributed by atoms with Crippen LogP contribution in [0.4, 0.5) is 10.1 Å². The van der Waals surface area contributed by atoms with Crippen LogP contribution in [0.25, 0.3) is 0 Å². The van der Waals surface area contributed by atoms with E-state index in [2.05, 4.69) is 12.1 Å². The number of hydrazone groups is 1. The van der Waals surface area contributed by atoms with Crippen molar-refractivity contribution in [3.63, 3.8) is 0 Å². The standard InChI is InChI=1S/C19H22FN3O/c1-2-24-18-9-3-14(4-10-18)19-13-16(11-12-21)22-23(19)17-7-5-15(20)6-8-17/h3-10,19H,2,11-13,21H2,1H3. The molecular weight excluding hydrogens is 305 g/mol. The Morgan fingerprint density at radius 1 is 1.17 bits per heavy atom. The second-order valence-corrected chi connectivity index (χ2v) is 5.75. The topological polar surface area (TPSA) is 50.9 Å². The lowest BCUT2D eigenvalue weighted by atomic mass is 10.00. The normalized spacial score (nSPS) is 17.0. The minimum atomic E-state index is -0.248. The van der Waals surface area contributed by atoms with Crippen molar-refractivity contribution in [2.75, 3.05) is 18.2 Å². The summed E-state index contributed by atoms with van der Waals surface area (Å²) in [4.78, 5) is 0. The molecule has 4 nitrogen and oxygen atoms in total. The molecule has 1 aliphatic heterocycles. The third kappa shape index (κ3) is 3.57. The quantitative estimate of drug-likeness (QED) is 0.876. The van der Waals surface area contributed by atoms with E-state index in [0.717, 1.165) is 35.6 Å². The molecule has 0 aromatic heterocycles. The van der Waals surface area contributed by atoms with E-state index in [4.69, 9.17) is 15.6 Å². The lowest BCUT2D eigenvalue weighted by molar-refractivity contribution is 0.340. The van der Waals surface area contributed by atoms with Gasteiger partial charge in [-0.3, -0.25) is 5.01 Å². The highest BCUT2D eigenvalue weighted by atomic mass is 19.1. The monoisotopic (exact) mass is 327 g/mol. The van der Waals surface area contributed by atoms with Crippen LogP contribution in [0, 0.1) is 5.82 Å². The molecule has 2 aromatic rings. The molecule has 0 amide bonds. The summed E-state index contributed by atoms with van der Waals surface area (Å²) in [7, 11) is 0. The molecule has 0 bridgehead atoms. The minimum absolute atomic E-state index is 0.0905. The van der Waals surface area contributed by atoms with E-state index in [1.165, 1.54) is 12.1 Å². The number of hydrogen-bond donors (Lipinski definition) is 1. The number of ether oxygens (including phenoxy) is 1. The van der Waals surface area contributed by atoms with Crippen LogP contribution in [0.2, 0.25) is 0 Å². The Kier molecular flexibility index (Phi) is 5.11. The molecular formula is C19H22FN3O. The Hall–Kier alpha value is -2.40. The first kappa shape index (κ1) is 16.5. The van der Waals surface area contributed by atoms with Gasteiger partial charge in [-0.1, -0.05) is 12.1 Å². The molecule has 2 N–H and O–H groups in total. The molecule has 1 unspecified atom stereocenters. The highest BCUT2D eigenvalue weighted by Gasteiger charge is 2.28. The summed E-state index contributed by atoms with van der Waals surface area (Å²) in [5.74, 6) is 0.609.